The molecule has 0 aromatic heterocycles. The van der Waals surface area contributed by atoms with Gasteiger partial charge in [-0.05, 0) is 51.5 Å². The molecule has 3 nitrogen and oxygen atoms in total. The zero-order chi connectivity index (χ0) is 11.3. The summed E-state index contributed by atoms with van der Waals surface area (Å²) in [6.07, 6.45) is 2.00. The second kappa shape index (κ2) is 3.20. The summed E-state index contributed by atoms with van der Waals surface area (Å²) in [6.45, 7) is 7.41. The summed E-state index contributed by atoms with van der Waals surface area (Å²) in [7, 11) is -2.71. The summed E-state index contributed by atoms with van der Waals surface area (Å²) < 4.78 is 22.8. The lowest BCUT2D eigenvalue weighted by Gasteiger charge is -2.21. The van der Waals surface area contributed by atoms with Crippen LogP contribution in [-0.2, 0) is 9.84 Å². The minimum Gasteiger partial charge on any atom is -0.312 e. The Morgan fingerprint density at radius 1 is 1.40 bits per heavy atom. The first-order valence-corrected chi connectivity index (χ1v) is 7.50. The van der Waals surface area contributed by atoms with Crippen molar-refractivity contribution in [3.8, 4) is 0 Å². The van der Waals surface area contributed by atoms with E-state index in [-0.39, 0.29) is 11.0 Å². The third kappa shape index (κ3) is 2.53. The van der Waals surface area contributed by atoms with Crippen molar-refractivity contribution < 1.29 is 8.42 Å². The van der Waals surface area contributed by atoms with Crippen molar-refractivity contribution in [1.82, 2.24) is 5.32 Å². The van der Waals surface area contributed by atoms with Gasteiger partial charge in [0.15, 0.2) is 9.84 Å². The molecular weight excluding hydrogens is 210 g/mol. The van der Waals surface area contributed by atoms with E-state index in [9.17, 15) is 8.42 Å². The molecule has 0 aromatic carbocycles. The number of hydrogen-bond acceptors (Lipinski definition) is 3. The number of sulfone groups is 1. The van der Waals surface area contributed by atoms with Gasteiger partial charge in [0, 0.05) is 5.54 Å². The van der Waals surface area contributed by atoms with Crippen LogP contribution in [0.15, 0.2) is 0 Å². The molecule has 0 amide bonds. The lowest BCUT2D eigenvalue weighted by Crippen LogP contribution is -2.37. The Morgan fingerprint density at radius 2 is 2.07 bits per heavy atom. The molecule has 1 spiro atoms. The van der Waals surface area contributed by atoms with Crippen LogP contribution in [0.3, 0.4) is 0 Å². The Balaban J connectivity index is 1.86. The van der Waals surface area contributed by atoms with E-state index < -0.39 is 9.84 Å². The molecule has 15 heavy (non-hydrogen) atoms. The molecule has 2 rings (SSSR count). The average Bonchev–Trinajstić information content (AvgIpc) is 2.60. The quantitative estimate of drug-likeness (QED) is 0.777. The summed E-state index contributed by atoms with van der Waals surface area (Å²) in [4.78, 5) is 0. The smallest absolute Gasteiger partial charge is 0.150 e. The van der Waals surface area contributed by atoms with Crippen molar-refractivity contribution in [2.45, 2.75) is 39.2 Å². The zero-order valence-electron chi connectivity index (χ0n) is 9.84. The fourth-order valence-electron chi connectivity index (χ4n) is 2.57. The van der Waals surface area contributed by atoms with Crippen LogP contribution in [0.2, 0.25) is 0 Å². The van der Waals surface area contributed by atoms with E-state index >= 15 is 0 Å². The van der Waals surface area contributed by atoms with Crippen molar-refractivity contribution in [3.63, 3.8) is 0 Å². The first-order chi connectivity index (χ1) is 6.73. The highest BCUT2D eigenvalue weighted by molar-refractivity contribution is 7.91. The Morgan fingerprint density at radius 3 is 2.53 bits per heavy atom. The maximum atomic E-state index is 11.4. The second-order valence-electron chi connectivity index (χ2n) is 6.24. The molecule has 1 aliphatic heterocycles. The van der Waals surface area contributed by atoms with Crippen LogP contribution in [0, 0.1) is 11.3 Å². The van der Waals surface area contributed by atoms with Gasteiger partial charge in [-0.1, -0.05) is 0 Å². The summed E-state index contributed by atoms with van der Waals surface area (Å²) in [6, 6.07) is 0. The van der Waals surface area contributed by atoms with Gasteiger partial charge < -0.3 is 5.32 Å². The third-order valence-electron chi connectivity index (χ3n) is 3.66. The van der Waals surface area contributed by atoms with Gasteiger partial charge in [-0.3, -0.25) is 0 Å². The largest absolute Gasteiger partial charge is 0.312 e. The Bertz CT molecular complexity index is 355. The van der Waals surface area contributed by atoms with E-state index in [0.717, 1.165) is 19.4 Å². The fourth-order valence-corrected chi connectivity index (χ4v) is 4.81. The number of hydrogen-bond donors (Lipinski definition) is 1. The minimum absolute atomic E-state index is 0.140. The zero-order valence-corrected chi connectivity index (χ0v) is 10.7. The van der Waals surface area contributed by atoms with Gasteiger partial charge >= 0.3 is 0 Å². The van der Waals surface area contributed by atoms with Gasteiger partial charge in [0.1, 0.15) is 0 Å². The van der Waals surface area contributed by atoms with Gasteiger partial charge in [0.05, 0.1) is 11.5 Å². The molecule has 1 aliphatic carbocycles. The van der Waals surface area contributed by atoms with Crippen LogP contribution in [0.4, 0.5) is 0 Å². The van der Waals surface area contributed by atoms with Gasteiger partial charge in [-0.15, -0.1) is 0 Å². The minimum atomic E-state index is -2.71. The first kappa shape index (κ1) is 11.4. The van der Waals surface area contributed by atoms with Gasteiger partial charge in [-0.25, -0.2) is 8.42 Å². The lowest BCUT2D eigenvalue weighted by molar-refractivity contribution is 0.390. The highest BCUT2D eigenvalue weighted by atomic mass is 32.2. The van der Waals surface area contributed by atoms with Gasteiger partial charge in [0.25, 0.3) is 0 Å². The molecule has 0 radical (unpaired) electrons. The van der Waals surface area contributed by atoms with Crippen molar-refractivity contribution in [1.29, 1.82) is 0 Å². The third-order valence-corrected chi connectivity index (χ3v) is 5.50. The predicted octanol–water partition coefficient (Wildman–Crippen LogP) is 1.20. The molecule has 1 heterocycles. The van der Waals surface area contributed by atoms with E-state index in [0.29, 0.717) is 17.4 Å². The van der Waals surface area contributed by atoms with Crippen LogP contribution in [0.1, 0.15) is 33.6 Å². The normalized spacial score (nSPS) is 38.5. The van der Waals surface area contributed by atoms with Crippen molar-refractivity contribution in [2.24, 2.45) is 11.3 Å². The molecule has 2 aliphatic rings. The maximum Gasteiger partial charge on any atom is 0.150 e. The van der Waals surface area contributed by atoms with Crippen LogP contribution in [0.25, 0.3) is 0 Å². The monoisotopic (exact) mass is 231 g/mol. The molecule has 88 valence electrons. The Kier molecular flexibility index (Phi) is 2.43. The second-order valence-corrected chi connectivity index (χ2v) is 8.42. The van der Waals surface area contributed by atoms with Crippen molar-refractivity contribution in [2.75, 3.05) is 18.1 Å². The Labute approximate surface area is 92.6 Å². The topological polar surface area (TPSA) is 46.2 Å². The molecule has 1 saturated heterocycles. The van der Waals surface area contributed by atoms with E-state index in [1.807, 2.05) is 0 Å². The van der Waals surface area contributed by atoms with Crippen LogP contribution < -0.4 is 5.32 Å². The van der Waals surface area contributed by atoms with Crippen molar-refractivity contribution in [3.05, 3.63) is 0 Å². The highest BCUT2D eigenvalue weighted by Gasteiger charge is 2.59. The summed E-state index contributed by atoms with van der Waals surface area (Å²) >= 11 is 0. The average molecular weight is 231 g/mol. The highest BCUT2D eigenvalue weighted by Crippen LogP contribution is 2.58. The molecule has 2 fully saturated rings. The van der Waals surface area contributed by atoms with E-state index in [1.165, 1.54) is 0 Å². The van der Waals surface area contributed by atoms with E-state index in [2.05, 4.69) is 26.1 Å². The maximum absolute atomic E-state index is 11.4. The fraction of sp³-hybridized carbons (Fsp3) is 1.00. The van der Waals surface area contributed by atoms with E-state index in [1.54, 1.807) is 0 Å². The van der Waals surface area contributed by atoms with Crippen LogP contribution in [0.5, 0.6) is 0 Å². The van der Waals surface area contributed by atoms with Crippen molar-refractivity contribution >= 4 is 9.84 Å². The summed E-state index contributed by atoms with van der Waals surface area (Å²) in [5.74, 6) is 1.45. The predicted molar refractivity (Wildman–Crippen MR) is 61.6 cm³/mol. The van der Waals surface area contributed by atoms with Crippen LogP contribution in [-0.4, -0.2) is 32.0 Å². The van der Waals surface area contributed by atoms with Gasteiger partial charge in [0.2, 0.25) is 0 Å². The summed E-state index contributed by atoms with van der Waals surface area (Å²) in [5.41, 5.74) is 0.304. The summed E-state index contributed by atoms with van der Waals surface area (Å²) in [5, 5.41) is 3.47. The molecule has 0 aromatic rings. The van der Waals surface area contributed by atoms with Gasteiger partial charge in [-0.2, -0.15) is 0 Å². The molecule has 2 atom stereocenters. The molecule has 2 unspecified atom stereocenters. The Hall–Kier alpha value is -0.0900. The molecule has 1 saturated carbocycles. The lowest BCUT2D eigenvalue weighted by atomic mass is 10.0. The molecule has 0 bridgehead atoms. The number of rotatable bonds is 2. The standard InChI is InChI=1S/C11H21NO2S/c1-10(2,3)12-7-9-6-11(9)4-5-15(13,14)8-11/h9,12H,4-8H2,1-3H3. The first-order valence-electron chi connectivity index (χ1n) is 5.68. The molecule has 4 heteroatoms. The number of nitrogens with one attached hydrogen (secondary N) is 1. The van der Waals surface area contributed by atoms with E-state index in [4.69, 9.17) is 0 Å². The molecule has 1 N–H and O–H groups in total. The SMILES string of the molecule is CC(C)(C)NCC1CC12CCS(=O)(=O)C2. The van der Waals surface area contributed by atoms with Crippen LogP contribution >= 0.6 is 0 Å². The molecular formula is C11H21NO2S.